The van der Waals surface area contributed by atoms with E-state index in [1.54, 1.807) is 0 Å². The summed E-state index contributed by atoms with van der Waals surface area (Å²) in [6.07, 6.45) is 0.514. The van der Waals surface area contributed by atoms with Gasteiger partial charge in [-0.1, -0.05) is 0 Å². The summed E-state index contributed by atoms with van der Waals surface area (Å²) in [4.78, 5) is 19.4. The Balaban J connectivity index is 2.72. The highest BCUT2D eigenvalue weighted by Gasteiger charge is 2.21. The van der Waals surface area contributed by atoms with Gasteiger partial charge in [0.05, 0.1) is 9.82 Å². The first-order chi connectivity index (χ1) is 9.74. The number of nitro groups is 1. The van der Waals surface area contributed by atoms with Crippen LogP contribution in [0.25, 0.3) is 0 Å². The van der Waals surface area contributed by atoms with E-state index in [0.717, 1.165) is 6.07 Å². The smallest absolute Gasteiger partial charge is 0.306 e. The third kappa shape index (κ3) is 5.08. The van der Waals surface area contributed by atoms with Crippen LogP contribution in [0.3, 0.4) is 0 Å². The van der Waals surface area contributed by atoms with E-state index in [2.05, 4.69) is 4.72 Å². The molecule has 2 N–H and O–H groups in total. The van der Waals surface area contributed by atoms with Gasteiger partial charge in [-0.2, -0.15) is 4.39 Å². The molecule has 0 aromatic heterocycles. The van der Waals surface area contributed by atoms with Gasteiger partial charge in [-0.3, -0.25) is 14.9 Å². The van der Waals surface area contributed by atoms with E-state index in [0.29, 0.717) is 25.0 Å². The minimum Gasteiger partial charge on any atom is -0.481 e. The molecule has 116 valence electrons. The Bertz CT molecular complexity index is 646. The summed E-state index contributed by atoms with van der Waals surface area (Å²) in [5.74, 6) is -2.10. The quantitative estimate of drug-likeness (QED) is 0.422. The first kappa shape index (κ1) is 17.0. The van der Waals surface area contributed by atoms with E-state index in [4.69, 9.17) is 5.11 Å². The zero-order chi connectivity index (χ0) is 16.0. The summed E-state index contributed by atoms with van der Waals surface area (Å²) in [7, 11) is -4.00. The average Bonchev–Trinajstić information content (AvgIpc) is 2.37. The lowest BCUT2D eigenvalue weighted by molar-refractivity contribution is -0.387. The van der Waals surface area contributed by atoms with Crippen LogP contribution in [0.4, 0.5) is 10.1 Å². The molecule has 8 nitrogen and oxygen atoms in total. The van der Waals surface area contributed by atoms with E-state index < -0.39 is 37.3 Å². The van der Waals surface area contributed by atoms with E-state index in [1.807, 2.05) is 0 Å². The lowest BCUT2D eigenvalue weighted by Gasteiger charge is -2.06. The van der Waals surface area contributed by atoms with Crippen molar-refractivity contribution >= 4 is 21.7 Å². The second-order valence-electron chi connectivity index (χ2n) is 4.12. The molecule has 10 heteroatoms. The SMILES string of the molecule is O=C(O)CCCCNS(=O)(=O)c1ccc(F)c([N+](=O)[O-])c1. The summed E-state index contributed by atoms with van der Waals surface area (Å²) in [6, 6.07) is 2.26. The highest BCUT2D eigenvalue weighted by Crippen LogP contribution is 2.21. The predicted octanol–water partition coefficient (Wildman–Crippen LogP) is 1.27. The first-order valence-corrected chi connectivity index (χ1v) is 7.38. The zero-order valence-corrected chi connectivity index (χ0v) is 11.6. The maximum absolute atomic E-state index is 13.1. The number of benzene rings is 1. The molecule has 0 bridgehead atoms. The summed E-state index contributed by atoms with van der Waals surface area (Å²) in [6.45, 7) is -0.0131. The minimum absolute atomic E-state index is 0.0131. The molecule has 1 rings (SSSR count). The van der Waals surface area contributed by atoms with Crippen molar-refractivity contribution in [2.45, 2.75) is 24.2 Å². The Hall–Kier alpha value is -2.07. The van der Waals surface area contributed by atoms with Crippen molar-refractivity contribution in [2.75, 3.05) is 6.54 Å². The number of rotatable bonds is 8. The monoisotopic (exact) mass is 320 g/mol. The van der Waals surface area contributed by atoms with Gasteiger partial charge in [0, 0.05) is 19.0 Å². The van der Waals surface area contributed by atoms with Gasteiger partial charge < -0.3 is 5.11 Å². The topological polar surface area (TPSA) is 127 Å². The summed E-state index contributed by atoms with van der Waals surface area (Å²) >= 11 is 0. The maximum Gasteiger partial charge on any atom is 0.306 e. The third-order valence-electron chi connectivity index (χ3n) is 2.53. The summed E-state index contributed by atoms with van der Waals surface area (Å²) < 4.78 is 39.0. The molecule has 0 saturated heterocycles. The van der Waals surface area contributed by atoms with Crippen molar-refractivity contribution in [3.63, 3.8) is 0 Å². The third-order valence-corrected chi connectivity index (χ3v) is 3.99. The van der Waals surface area contributed by atoms with Gasteiger partial charge in [0.1, 0.15) is 0 Å². The van der Waals surface area contributed by atoms with Gasteiger partial charge in [-0.05, 0) is 25.0 Å². The van der Waals surface area contributed by atoms with Crippen molar-refractivity contribution in [2.24, 2.45) is 0 Å². The van der Waals surface area contributed by atoms with Crippen LogP contribution in [-0.4, -0.2) is 31.0 Å². The fourth-order valence-electron chi connectivity index (χ4n) is 1.49. The number of unbranched alkanes of at least 4 members (excludes halogenated alkanes) is 1. The molecule has 0 amide bonds. The standard InChI is InChI=1S/C11H13FN2O6S/c12-9-5-4-8(7-10(9)14(17)18)21(19,20)13-6-2-1-3-11(15)16/h4-5,7,13H,1-3,6H2,(H,15,16). The number of nitrogens with zero attached hydrogens (tertiary/aromatic N) is 1. The second kappa shape index (κ2) is 7.09. The number of carboxylic acid groups (broad SMARTS) is 1. The molecule has 1 aromatic carbocycles. The van der Waals surface area contributed by atoms with Crippen LogP contribution in [-0.2, 0) is 14.8 Å². The molecule has 0 spiro atoms. The molecular weight excluding hydrogens is 307 g/mol. The maximum atomic E-state index is 13.1. The van der Waals surface area contributed by atoms with Crippen molar-refractivity contribution in [3.05, 3.63) is 34.1 Å². The highest BCUT2D eigenvalue weighted by atomic mass is 32.2. The highest BCUT2D eigenvalue weighted by molar-refractivity contribution is 7.89. The number of carbonyl (C=O) groups is 1. The Kier molecular flexibility index (Phi) is 5.73. The summed E-state index contributed by atoms with van der Waals surface area (Å²) in [5.41, 5.74) is -0.927. The van der Waals surface area contributed by atoms with E-state index in [1.165, 1.54) is 0 Å². The van der Waals surface area contributed by atoms with Crippen LogP contribution in [0.1, 0.15) is 19.3 Å². The van der Waals surface area contributed by atoms with Crippen LogP contribution in [0.2, 0.25) is 0 Å². The van der Waals surface area contributed by atoms with Crippen molar-refractivity contribution in [3.8, 4) is 0 Å². The average molecular weight is 320 g/mol. The Morgan fingerprint density at radius 1 is 1.38 bits per heavy atom. The van der Waals surface area contributed by atoms with Crippen LogP contribution in [0, 0.1) is 15.9 Å². The zero-order valence-electron chi connectivity index (χ0n) is 10.8. The summed E-state index contributed by atoms with van der Waals surface area (Å²) in [5, 5.41) is 19.0. The van der Waals surface area contributed by atoms with E-state index in [-0.39, 0.29) is 13.0 Å². The lowest BCUT2D eigenvalue weighted by atomic mass is 10.2. The van der Waals surface area contributed by atoms with Gasteiger partial charge >= 0.3 is 11.7 Å². The second-order valence-corrected chi connectivity index (χ2v) is 5.89. The molecule has 0 aliphatic rings. The van der Waals surface area contributed by atoms with Crippen molar-refractivity contribution in [1.29, 1.82) is 0 Å². The lowest BCUT2D eigenvalue weighted by Crippen LogP contribution is -2.25. The van der Waals surface area contributed by atoms with Gasteiger partial charge in [0.2, 0.25) is 15.8 Å². The Morgan fingerprint density at radius 2 is 2.05 bits per heavy atom. The number of sulfonamides is 1. The van der Waals surface area contributed by atoms with Gasteiger partial charge in [0.25, 0.3) is 0 Å². The van der Waals surface area contributed by atoms with Gasteiger partial charge in [-0.15, -0.1) is 0 Å². The number of nitro benzene ring substituents is 1. The fourth-order valence-corrected chi connectivity index (χ4v) is 2.58. The minimum atomic E-state index is -4.00. The normalized spacial score (nSPS) is 11.3. The number of hydrogen-bond acceptors (Lipinski definition) is 5. The molecule has 0 fully saturated rings. The first-order valence-electron chi connectivity index (χ1n) is 5.89. The largest absolute Gasteiger partial charge is 0.481 e. The van der Waals surface area contributed by atoms with E-state index in [9.17, 15) is 27.7 Å². The molecule has 1 aromatic rings. The molecule has 21 heavy (non-hydrogen) atoms. The number of hydrogen-bond donors (Lipinski definition) is 2. The molecule has 0 atom stereocenters. The molecule has 0 heterocycles. The molecular formula is C11H13FN2O6S. The van der Waals surface area contributed by atoms with Gasteiger partial charge in [-0.25, -0.2) is 13.1 Å². The Labute approximate surface area is 119 Å². The number of halogens is 1. The number of carboxylic acids is 1. The number of nitrogens with one attached hydrogen (secondary N) is 1. The van der Waals surface area contributed by atoms with Crippen molar-refractivity contribution < 1.29 is 27.6 Å². The molecule has 0 unspecified atom stereocenters. The van der Waals surface area contributed by atoms with Crippen LogP contribution >= 0.6 is 0 Å². The van der Waals surface area contributed by atoms with E-state index >= 15 is 0 Å². The Morgan fingerprint density at radius 3 is 2.62 bits per heavy atom. The van der Waals surface area contributed by atoms with Gasteiger partial charge in [0.15, 0.2) is 0 Å². The molecule has 0 radical (unpaired) electrons. The van der Waals surface area contributed by atoms with Crippen LogP contribution < -0.4 is 4.72 Å². The molecule has 0 aliphatic carbocycles. The van der Waals surface area contributed by atoms with Crippen molar-refractivity contribution in [1.82, 2.24) is 4.72 Å². The van der Waals surface area contributed by atoms with Crippen LogP contribution in [0.5, 0.6) is 0 Å². The molecule has 0 saturated carbocycles. The number of aliphatic carboxylic acids is 1. The van der Waals surface area contributed by atoms with Crippen LogP contribution in [0.15, 0.2) is 23.1 Å². The predicted molar refractivity (Wildman–Crippen MR) is 69.7 cm³/mol. The fraction of sp³-hybridized carbons (Fsp3) is 0.364. The molecule has 0 aliphatic heterocycles.